The molecule has 0 fully saturated rings. The largest absolute Gasteiger partial charge is 0.356 e. The Morgan fingerprint density at radius 1 is 0.455 bits per heavy atom. The molecule has 0 bridgehead atoms. The van der Waals surface area contributed by atoms with Crippen LogP contribution in [0.5, 0.6) is 0 Å². The van der Waals surface area contributed by atoms with Gasteiger partial charge in [-0.25, -0.2) is 0 Å². The maximum absolute atomic E-state index is 7.05. The van der Waals surface area contributed by atoms with E-state index in [9.17, 15) is 0 Å². The van der Waals surface area contributed by atoms with Crippen LogP contribution in [0.3, 0.4) is 0 Å². The lowest BCUT2D eigenvalue weighted by atomic mass is 9.98. The smallest absolute Gasteiger partial charge is 0.111 e. The van der Waals surface area contributed by atoms with E-state index in [-0.39, 0.29) is 12.2 Å². The van der Waals surface area contributed by atoms with Crippen LogP contribution in [-0.2, 0) is 4.74 Å². The Labute approximate surface area is 244 Å². The fraction of sp³-hybridized carbons (Fsp3) is 0.0769. The van der Waals surface area contributed by atoms with E-state index in [4.69, 9.17) is 4.74 Å². The van der Waals surface area contributed by atoms with Crippen LogP contribution in [0.15, 0.2) is 112 Å². The predicted octanol–water partition coefficient (Wildman–Crippen LogP) is 11.2. The first-order chi connectivity index (χ1) is 15.8. The molecule has 0 spiro atoms. The van der Waals surface area contributed by atoms with Crippen molar-refractivity contribution in [1.82, 2.24) is 0 Å². The Balaban J connectivity index is 1.92. The van der Waals surface area contributed by atoms with Crippen LogP contribution in [0.4, 0.5) is 0 Å². The molecule has 0 N–H and O–H groups in total. The quantitative estimate of drug-likeness (QED) is 0.188. The molecule has 0 aliphatic heterocycles. The molecule has 0 aromatic heterocycles. The topological polar surface area (TPSA) is 9.23 Å². The Morgan fingerprint density at radius 2 is 0.758 bits per heavy atom. The first kappa shape index (κ1) is 25.8. The lowest BCUT2D eigenvalue weighted by molar-refractivity contribution is 0.0293. The zero-order chi connectivity index (χ0) is 23.5. The van der Waals surface area contributed by atoms with Crippen molar-refractivity contribution in [2.75, 3.05) is 0 Å². The van der Waals surface area contributed by atoms with Crippen LogP contribution in [-0.4, -0.2) is 0 Å². The van der Waals surface area contributed by atoms with Gasteiger partial charge in [-0.2, -0.15) is 0 Å². The zero-order valence-electron chi connectivity index (χ0n) is 16.9. The van der Waals surface area contributed by atoms with Crippen molar-refractivity contribution in [2.24, 2.45) is 0 Å². The Kier molecular flexibility index (Phi) is 9.10. The molecule has 4 rings (SSSR count). The normalized spacial score (nSPS) is 13.0. The van der Waals surface area contributed by atoms with Gasteiger partial charge in [0.25, 0.3) is 0 Å². The first-order valence-corrected chi connectivity index (χ1v) is 14.6. The van der Waals surface area contributed by atoms with Crippen molar-refractivity contribution in [3.05, 3.63) is 134 Å². The molecule has 2 atom stereocenters. The molecule has 168 valence electrons. The molecule has 33 heavy (non-hydrogen) atoms. The van der Waals surface area contributed by atoms with Gasteiger partial charge in [-0.15, -0.1) is 0 Å². The van der Waals surface area contributed by atoms with Crippen molar-refractivity contribution in [3.63, 3.8) is 0 Å². The van der Waals surface area contributed by atoms with Crippen molar-refractivity contribution in [3.8, 4) is 0 Å². The second-order valence-corrected chi connectivity index (χ2v) is 12.5. The Morgan fingerprint density at radius 3 is 1.06 bits per heavy atom. The summed E-state index contributed by atoms with van der Waals surface area (Å²) in [7, 11) is 0. The van der Waals surface area contributed by atoms with Crippen LogP contribution in [0.2, 0.25) is 0 Å². The molecule has 0 radical (unpaired) electrons. The van der Waals surface area contributed by atoms with E-state index in [0.717, 1.165) is 49.1 Å². The summed E-state index contributed by atoms with van der Waals surface area (Å²) in [4.78, 5) is 0. The van der Waals surface area contributed by atoms with Crippen LogP contribution in [0, 0.1) is 0 Å². The number of ether oxygens (including phenoxy) is 1. The second-order valence-electron chi connectivity index (χ2n) is 7.28. The van der Waals surface area contributed by atoms with Crippen molar-refractivity contribution >= 4 is 95.6 Å². The molecule has 1 nitrogen and oxygen atoms in total. The van der Waals surface area contributed by atoms with Gasteiger partial charge in [0.2, 0.25) is 0 Å². The number of hydrogen-bond acceptors (Lipinski definition) is 1. The second kappa shape index (κ2) is 11.6. The van der Waals surface area contributed by atoms with E-state index in [2.05, 4.69) is 120 Å². The SMILES string of the molecule is Brc1cc(Br)c(C(OC(c2ccccc2)c2c(Br)cc(Br)cc2Br)c2ccccc2)c(Br)c1. The third-order valence-corrected chi connectivity index (χ3v) is 8.63. The maximum Gasteiger partial charge on any atom is 0.111 e. The highest BCUT2D eigenvalue weighted by atomic mass is 79.9. The molecule has 0 aliphatic rings. The minimum Gasteiger partial charge on any atom is -0.356 e. The molecule has 0 heterocycles. The molecule has 0 amide bonds. The van der Waals surface area contributed by atoms with Gasteiger partial charge in [0.1, 0.15) is 12.2 Å². The van der Waals surface area contributed by atoms with Gasteiger partial charge < -0.3 is 4.74 Å². The van der Waals surface area contributed by atoms with Crippen molar-refractivity contribution < 1.29 is 4.74 Å². The average molecular weight is 824 g/mol. The minimum absolute atomic E-state index is 0.337. The van der Waals surface area contributed by atoms with E-state index in [1.165, 1.54) is 0 Å². The molecule has 2 unspecified atom stereocenters. The molecule has 0 saturated heterocycles. The average Bonchev–Trinajstić information content (AvgIpc) is 2.77. The van der Waals surface area contributed by atoms with Crippen LogP contribution < -0.4 is 0 Å². The maximum atomic E-state index is 7.05. The summed E-state index contributed by atoms with van der Waals surface area (Å²) in [6.45, 7) is 0. The van der Waals surface area contributed by atoms with Crippen LogP contribution >= 0.6 is 95.6 Å². The Bertz CT molecular complexity index is 1120. The fourth-order valence-electron chi connectivity index (χ4n) is 3.63. The van der Waals surface area contributed by atoms with E-state index in [0.29, 0.717) is 0 Å². The lowest BCUT2D eigenvalue weighted by Crippen LogP contribution is -2.15. The summed E-state index contributed by atoms with van der Waals surface area (Å²) in [5.74, 6) is 0. The van der Waals surface area contributed by atoms with Gasteiger partial charge in [-0.05, 0) is 35.4 Å². The van der Waals surface area contributed by atoms with Gasteiger partial charge in [-0.1, -0.05) is 156 Å². The van der Waals surface area contributed by atoms with Crippen LogP contribution in [0.1, 0.15) is 34.5 Å². The molecule has 0 saturated carbocycles. The molecule has 4 aromatic rings. The van der Waals surface area contributed by atoms with E-state index >= 15 is 0 Å². The zero-order valence-corrected chi connectivity index (χ0v) is 26.4. The van der Waals surface area contributed by atoms with E-state index < -0.39 is 0 Å². The highest BCUT2D eigenvalue weighted by Gasteiger charge is 2.29. The summed E-state index contributed by atoms with van der Waals surface area (Å²) < 4.78 is 12.8. The summed E-state index contributed by atoms with van der Waals surface area (Å²) in [6, 6.07) is 28.7. The number of halogens is 6. The molecule has 4 aromatic carbocycles. The van der Waals surface area contributed by atoms with Gasteiger partial charge in [0.15, 0.2) is 0 Å². The van der Waals surface area contributed by atoms with Gasteiger partial charge in [0, 0.05) is 38.0 Å². The summed E-state index contributed by atoms with van der Waals surface area (Å²) >= 11 is 22.3. The van der Waals surface area contributed by atoms with Crippen molar-refractivity contribution in [2.45, 2.75) is 12.2 Å². The Hall–Kier alpha value is -0.280. The third-order valence-electron chi connectivity index (χ3n) is 5.09. The minimum atomic E-state index is -0.337. The van der Waals surface area contributed by atoms with E-state index in [1.807, 2.05) is 60.7 Å². The standard InChI is InChI=1S/C26H16Br6O/c27-17-11-19(29)23(20(30)12-17)25(15-7-3-1-4-8-15)33-26(16-9-5-2-6-10-16)24-21(31)13-18(28)14-22(24)32/h1-14,25-26H. The molecular weight excluding hydrogens is 808 g/mol. The summed E-state index contributed by atoms with van der Waals surface area (Å²) in [5.41, 5.74) is 4.17. The third kappa shape index (κ3) is 6.11. The van der Waals surface area contributed by atoms with Crippen molar-refractivity contribution in [1.29, 1.82) is 0 Å². The van der Waals surface area contributed by atoms with E-state index in [1.54, 1.807) is 0 Å². The predicted molar refractivity (Wildman–Crippen MR) is 157 cm³/mol. The number of rotatable bonds is 6. The van der Waals surface area contributed by atoms with Gasteiger partial charge in [-0.3, -0.25) is 0 Å². The fourth-order valence-corrected chi connectivity index (χ4v) is 8.97. The first-order valence-electron chi connectivity index (χ1n) is 9.89. The molecular formula is C26H16Br6O. The number of hydrogen-bond donors (Lipinski definition) is 0. The lowest BCUT2D eigenvalue weighted by Gasteiger charge is -2.29. The monoisotopic (exact) mass is 818 g/mol. The summed E-state index contributed by atoms with van der Waals surface area (Å²) in [5, 5.41) is 0. The highest BCUT2D eigenvalue weighted by Crippen LogP contribution is 2.45. The molecule has 0 aliphatic carbocycles. The molecule has 7 heteroatoms. The van der Waals surface area contributed by atoms with Gasteiger partial charge in [0.05, 0.1) is 0 Å². The highest BCUT2D eigenvalue weighted by molar-refractivity contribution is 9.12. The van der Waals surface area contributed by atoms with Crippen LogP contribution in [0.25, 0.3) is 0 Å². The van der Waals surface area contributed by atoms with Gasteiger partial charge >= 0.3 is 0 Å². The number of benzene rings is 4. The summed E-state index contributed by atoms with van der Waals surface area (Å²) in [6.07, 6.45) is -0.675.